The van der Waals surface area contributed by atoms with E-state index in [1.807, 2.05) is 34.6 Å². The third-order valence-electron chi connectivity index (χ3n) is 2.90. The average molecular weight is 258 g/mol. The second-order valence-electron chi connectivity index (χ2n) is 5.97. The van der Waals surface area contributed by atoms with Crippen LogP contribution < -0.4 is 5.73 Å². The summed E-state index contributed by atoms with van der Waals surface area (Å²) in [4.78, 5) is 24.4. The summed E-state index contributed by atoms with van der Waals surface area (Å²) in [5.74, 6) is -0.950. The van der Waals surface area contributed by atoms with E-state index in [1.54, 1.807) is 4.90 Å². The summed E-state index contributed by atoms with van der Waals surface area (Å²) in [5, 5.41) is 8.61. The van der Waals surface area contributed by atoms with Crippen molar-refractivity contribution >= 4 is 11.9 Å². The van der Waals surface area contributed by atoms with E-state index in [9.17, 15) is 9.59 Å². The Hall–Kier alpha value is -1.10. The summed E-state index contributed by atoms with van der Waals surface area (Å²) >= 11 is 0. The molecule has 0 aliphatic rings. The molecule has 0 spiro atoms. The number of hydrogen-bond acceptors (Lipinski definition) is 3. The van der Waals surface area contributed by atoms with Gasteiger partial charge >= 0.3 is 5.97 Å². The number of carbonyl (C=O) groups excluding carboxylic acids is 1. The van der Waals surface area contributed by atoms with Gasteiger partial charge in [0.15, 0.2) is 0 Å². The lowest BCUT2D eigenvalue weighted by Gasteiger charge is -2.34. The summed E-state index contributed by atoms with van der Waals surface area (Å²) in [6, 6.07) is -0.538. The van der Waals surface area contributed by atoms with Gasteiger partial charge in [-0.1, -0.05) is 20.8 Å². The minimum atomic E-state index is -0.841. The van der Waals surface area contributed by atoms with Gasteiger partial charge < -0.3 is 15.7 Å². The van der Waals surface area contributed by atoms with Crippen LogP contribution in [0.2, 0.25) is 0 Å². The molecule has 0 radical (unpaired) electrons. The SMILES string of the molecule is CC(C)N(CCCC(=O)O)C(=O)[C@H](N)C(C)(C)C. The van der Waals surface area contributed by atoms with Crippen molar-refractivity contribution in [3.05, 3.63) is 0 Å². The number of carboxylic acid groups (broad SMARTS) is 1. The summed E-state index contributed by atoms with van der Waals surface area (Å²) in [5.41, 5.74) is 5.66. The van der Waals surface area contributed by atoms with Gasteiger partial charge in [0.1, 0.15) is 0 Å². The lowest BCUT2D eigenvalue weighted by molar-refractivity contribution is -0.140. The zero-order valence-electron chi connectivity index (χ0n) is 12.1. The van der Waals surface area contributed by atoms with Crippen LogP contribution in [0.5, 0.6) is 0 Å². The number of hydrogen-bond donors (Lipinski definition) is 2. The molecule has 0 heterocycles. The van der Waals surface area contributed by atoms with Gasteiger partial charge in [-0.3, -0.25) is 9.59 Å². The zero-order valence-corrected chi connectivity index (χ0v) is 12.1. The topological polar surface area (TPSA) is 83.6 Å². The highest BCUT2D eigenvalue weighted by Gasteiger charge is 2.31. The number of nitrogens with two attached hydrogens (primary N) is 1. The zero-order chi connectivity index (χ0) is 14.5. The van der Waals surface area contributed by atoms with Gasteiger partial charge in [0.2, 0.25) is 5.91 Å². The first-order valence-corrected chi connectivity index (χ1v) is 6.35. The molecular formula is C13H26N2O3. The van der Waals surface area contributed by atoms with E-state index in [0.717, 1.165) is 0 Å². The Labute approximate surface area is 109 Å². The first kappa shape index (κ1) is 16.9. The smallest absolute Gasteiger partial charge is 0.303 e. The van der Waals surface area contributed by atoms with Crippen molar-refractivity contribution in [3.63, 3.8) is 0 Å². The second kappa shape index (κ2) is 6.73. The molecule has 1 amide bonds. The molecule has 0 aliphatic carbocycles. The number of amides is 1. The first-order valence-electron chi connectivity index (χ1n) is 6.35. The molecule has 0 aromatic carbocycles. The molecule has 0 aromatic rings. The minimum Gasteiger partial charge on any atom is -0.481 e. The molecule has 106 valence electrons. The van der Waals surface area contributed by atoms with Crippen molar-refractivity contribution in [2.45, 2.75) is 59.5 Å². The second-order valence-corrected chi connectivity index (χ2v) is 5.97. The Kier molecular flexibility index (Phi) is 6.32. The molecule has 5 heteroatoms. The summed E-state index contributed by atoms with van der Waals surface area (Å²) in [6.07, 6.45) is 0.525. The van der Waals surface area contributed by atoms with Gasteiger partial charge in [0.25, 0.3) is 0 Å². The predicted octanol–water partition coefficient (Wildman–Crippen LogP) is 1.46. The molecule has 18 heavy (non-hydrogen) atoms. The van der Waals surface area contributed by atoms with Crippen LogP contribution in [0.4, 0.5) is 0 Å². The van der Waals surface area contributed by atoms with Crippen molar-refractivity contribution in [2.24, 2.45) is 11.1 Å². The van der Waals surface area contributed by atoms with Crippen LogP contribution in [-0.4, -0.2) is 40.5 Å². The van der Waals surface area contributed by atoms with E-state index in [-0.39, 0.29) is 23.8 Å². The predicted molar refractivity (Wildman–Crippen MR) is 71.1 cm³/mol. The van der Waals surface area contributed by atoms with Gasteiger partial charge in [0, 0.05) is 19.0 Å². The molecule has 0 fully saturated rings. The molecule has 1 atom stereocenters. The van der Waals surface area contributed by atoms with E-state index in [4.69, 9.17) is 10.8 Å². The Morgan fingerprint density at radius 2 is 1.78 bits per heavy atom. The quantitative estimate of drug-likeness (QED) is 0.755. The highest BCUT2D eigenvalue weighted by molar-refractivity contribution is 5.82. The maximum atomic E-state index is 12.3. The van der Waals surface area contributed by atoms with Crippen molar-refractivity contribution in [1.82, 2.24) is 4.90 Å². The maximum absolute atomic E-state index is 12.3. The lowest BCUT2D eigenvalue weighted by atomic mass is 9.86. The number of nitrogens with zero attached hydrogens (tertiary/aromatic N) is 1. The summed E-state index contributed by atoms with van der Waals surface area (Å²) in [6.45, 7) is 10.0. The van der Waals surface area contributed by atoms with Crippen LogP contribution in [0.3, 0.4) is 0 Å². The average Bonchev–Trinajstić information content (AvgIpc) is 2.20. The van der Waals surface area contributed by atoms with Gasteiger partial charge in [-0.2, -0.15) is 0 Å². The van der Waals surface area contributed by atoms with Gasteiger partial charge in [-0.25, -0.2) is 0 Å². The number of aliphatic carboxylic acids is 1. The monoisotopic (exact) mass is 258 g/mol. The van der Waals surface area contributed by atoms with Crippen LogP contribution in [0.1, 0.15) is 47.5 Å². The fourth-order valence-corrected chi connectivity index (χ4v) is 1.57. The van der Waals surface area contributed by atoms with Crippen LogP contribution in [0, 0.1) is 5.41 Å². The highest BCUT2D eigenvalue weighted by atomic mass is 16.4. The minimum absolute atomic E-state index is 0.0275. The molecule has 0 aromatic heterocycles. The van der Waals surface area contributed by atoms with Gasteiger partial charge in [-0.15, -0.1) is 0 Å². The number of carboxylic acids is 1. The number of rotatable bonds is 6. The van der Waals surface area contributed by atoms with E-state index in [0.29, 0.717) is 13.0 Å². The largest absolute Gasteiger partial charge is 0.481 e. The number of carbonyl (C=O) groups is 2. The lowest BCUT2D eigenvalue weighted by Crippen LogP contribution is -2.52. The first-order chi connectivity index (χ1) is 8.07. The Morgan fingerprint density at radius 3 is 2.11 bits per heavy atom. The third kappa shape index (κ3) is 5.49. The standard InChI is InChI=1S/C13H26N2O3/c1-9(2)15(8-6-7-10(16)17)12(18)11(14)13(3,4)5/h9,11H,6-8,14H2,1-5H3,(H,16,17)/t11-/m0/s1. The molecule has 3 N–H and O–H groups in total. The van der Waals surface area contributed by atoms with E-state index < -0.39 is 12.0 Å². The Bertz CT molecular complexity index is 295. The van der Waals surface area contributed by atoms with E-state index in [1.165, 1.54) is 0 Å². The van der Waals surface area contributed by atoms with Crippen LogP contribution in [-0.2, 0) is 9.59 Å². The van der Waals surface area contributed by atoms with Crippen molar-refractivity contribution < 1.29 is 14.7 Å². The molecule has 0 bridgehead atoms. The Morgan fingerprint density at radius 1 is 1.28 bits per heavy atom. The van der Waals surface area contributed by atoms with Crippen LogP contribution >= 0.6 is 0 Å². The van der Waals surface area contributed by atoms with Gasteiger partial charge in [0.05, 0.1) is 6.04 Å². The van der Waals surface area contributed by atoms with Gasteiger partial charge in [-0.05, 0) is 25.7 Å². The fourth-order valence-electron chi connectivity index (χ4n) is 1.57. The molecule has 0 unspecified atom stereocenters. The highest BCUT2D eigenvalue weighted by Crippen LogP contribution is 2.20. The molecule has 0 aliphatic heterocycles. The molecule has 0 saturated heterocycles. The van der Waals surface area contributed by atoms with Crippen molar-refractivity contribution in [3.8, 4) is 0 Å². The van der Waals surface area contributed by atoms with E-state index >= 15 is 0 Å². The van der Waals surface area contributed by atoms with Crippen LogP contribution in [0.25, 0.3) is 0 Å². The normalized spacial score (nSPS) is 13.5. The summed E-state index contributed by atoms with van der Waals surface area (Å²) < 4.78 is 0. The van der Waals surface area contributed by atoms with Crippen molar-refractivity contribution in [2.75, 3.05) is 6.54 Å². The van der Waals surface area contributed by atoms with E-state index in [2.05, 4.69) is 0 Å². The van der Waals surface area contributed by atoms with Crippen LogP contribution in [0.15, 0.2) is 0 Å². The molecule has 0 rings (SSSR count). The molecule has 5 nitrogen and oxygen atoms in total. The van der Waals surface area contributed by atoms with Crippen molar-refractivity contribution in [1.29, 1.82) is 0 Å². The molecule has 0 saturated carbocycles. The summed E-state index contributed by atoms with van der Waals surface area (Å²) in [7, 11) is 0. The molecular weight excluding hydrogens is 232 g/mol. The third-order valence-corrected chi connectivity index (χ3v) is 2.90. The maximum Gasteiger partial charge on any atom is 0.303 e. The fraction of sp³-hybridized carbons (Fsp3) is 0.846. The Balaban J connectivity index is 4.60.